The normalized spacial score (nSPS) is 19.2. The van der Waals surface area contributed by atoms with Crippen molar-refractivity contribution in [2.24, 2.45) is 5.41 Å². The second-order valence-electron chi connectivity index (χ2n) is 7.69. The number of aryl methyl sites for hydroxylation is 1. The summed E-state index contributed by atoms with van der Waals surface area (Å²) < 4.78 is 0.907. The van der Waals surface area contributed by atoms with Gasteiger partial charge < -0.3 is 15.5 Å². The number of piperidine rings is 1. The van der Waals surface area contributed by atoms with Crippen LogP contribution < -0.4 is 10.6 Å². The largest absolute Gasteiger partial charge is 0.351 e. The van der Waals surface area contributed by atoms with Crippen LogP contribution in [0.5, 0.6) is 0 Å². The van der Waals surface area contributed by atoms with Gasteiger partial charge in [-0.1, -0.05) is 51.8 Å². The Morgan fingerprint density at radius 1 is 1.18 bits per heavy atom. The molecule has 0 unspecified atom stereocenters. The molecular weight excluding hydrogens is 418 g/mol. The Kier molecular flexibility index (Phi) is 6.39. The second kappa shape index (κ2) is 8.78. The molecule has 1 atom stereocenters. The smallest absolute Gasteiger partial charge is 0.321 e. The zero-order valence-electron chi connectivity index (χ0n) is 16.3. The minimum atomic E-state index is -0.586. The number of likely N-dealkylation sites (tertiary alicyclic amines) is 1. The molecule has 2 N–H and O–H groups in total. The lowest BCUT2D eigenvalue weighted by atomic mass is 9.81. The van der Waals surface area contributed by atoms with Crippen molar-refractivity contribution in [2.75, 3.05) is 18.4 Å². The van der Waals surface area contributed by atoms with E-state index in [1.807, 2.05) is 62.4 Å². The molecule has 148 valence electrons. The van der Waals surface area contributed by atoms with Crippen LogP contribution in [0.1, 0.15) is 30.9 Å². The van der Waals surface area contributed by atoms with E-state index < -0.39 is 5.41 Å². The van der Waals surface area contributed by atoms with Gasteiger partial charge in [0.15, 0.2) is 0 Å². The van der Waals surface area contributed by atoms with Crippen LogP contribution in [0, 0.1) is 12.3 Å². The van der Waals surface area contributed by atoms with Crippen LogP contribution in [0.25, 0.3) is 0 Å². The van der Waals surface area contributed by atoms with Crippen LogP contribution in [0.15, 0.2) is 53.0 Å². The molecule has 0 aromatic heterocycles. The van der Waals surface area contributed by atoms with Crippen molar-refractivity contribution >= 4 is 33.6 Å². The van der Waals surface area contributed by atoms with Gasteiger partial charge in [-0.15, -0.1) is 0 Å². The number of halogens is 1. The van der Waals surface area contributed by atoms with E-state index >= 15 is 0 Å². The van der Waals surface area contributed by atoms with Gasteiger partial charge in [-0.25, -0.2) is 4.79 Å². The fraction of sp³-hybridized carbons (Fsp3) is 0.364. The lowest BCUT2D eigenvalue weighted by Crippen LogP contribution is -2.52. The Morgan fingerprint density at radius 2 is 1.93 bits per heavy atom. The molecule has 1 aliphatic heterocycles. The fourth-order valence-electron chi connectivity index (χ4n) is 3.47. The monoisotopic (exact) mass is 443 g/mol. The van der Waals surface area contributed by atoms with Gasteiger partial charge in [0.05, 0.1) is 5.41 Å². The van der Waals surface area contributed by atoms with Gasteiger partial charge >= 0.3 is 6.03 Å². The number of nitrogens with zero attached hydrogens (tertiary/aromatic N) is 1. The summed E-state index contributed by atoms with van der Waals surface area (Å²) in [5.41, 5.74) is 2.41. The maximum atomic E-state index is 12.9. The SMILES string of the molecule is Cc1ccc(CNC(=O)[C@]2(C)CCCN(C(=O)Nc3cccc(Br)c3)C2)cc1. The van der Waals surface area contributed by atoms with E-state index in [-0.39, 0.29) is 11.9 Å². The number of amides is 3. The first kappa shape index (κ1) is 20.4. The molecule has 1 aliphatic rings. The van der Waals surface area contributed by atoms with Crippen LogP contribution in [-0.2, 0) is 11.3 Å². The molecule has 0 saturated carbocycles. The van der Waals surface area contributed by atoms with E-state index in [0.717, 1.165) is 28.6 Å². The summed E-state index contributed by atoms with van der Waals surface area (Å²) in [5.74, 6) is -0.00645. The van der Waals surface area contributed by atoms with Crippen molar-refractivity contribution < 1.29 is 9.59 Å². The van der Waals surface area contributed by atoms with Gasteiger partial charge in [0.25, 0.3) is 0 Å². The van der Waals surface area contributed by atoms with Gasteiger partial charge in [0.2, 0.25) is 5.91 Å². The molecule has 1 fully saturated rings. The molecule has 0 aliphatic carbocycles. The highest BCUT2D eigenvalue weighted by atomic mass is 79.9. The van der Waals surface area contributed by atoms with Crippen LogP contribution in [-0.4, -0.2) is 29.9 Å². The van der Waals surface area contributed by atoms with Crippen molar-refractivity contribution in [1.29, 1.82) is 0 Å². The minimum absolute atomic E-state index is 0.00645. The first-order valence-corrected chi connectivity index (χ1v) is 10.3. The summed E-state index contributed by atoms with van der Waals surface area (Å²) in [6.45, 7) is 5.54. The maximum Gasteiger partial charge on any atom is 0.321 e. The summed E-state index contributed by atoms with van der Waals surface area (Å²) in [5, 5.41) is 5.96. The molecule has 1 saturated heterocycles. The first-order chi connectivity index (χ1) is 13.4. The molecule has 1 heterocycles. The Hall–Kier alpha value is -2.34. The maximum absolute atomic E-state index is 12.9. The van der Waals surface area contributed by atoms with E-state index in [1.165, 1.54) is 5.56 Å². The Balaban J connectivity index is 1.59. The highest BCUT2D eigenvalue weighted by Gasteiger charge is 2.39. The van der Waals surface area contributed by atoms with E-state index in [1.54, 1.807) is 4.90 Å². The van der Waals surface area contributed by atoms with Gasteiger partial charge in [-0.3, -0.25) is 4.79 Å². The van der Waals surface area contributed by atoms with Gasteiger partial charge in [0.1, 0.15) is 0 Å². The number of hydrogen-bond donors (Lipinski definition) is 2. The molecule has 0 bridgehead atoms. The predicted molar refractivity (Wildman–Crippen MR) is 115 cm³/mol. The van der Waals surface area contributed by atoms with Gasteiger partial charge in [-0.05, 0) is 50.5 Å². The third kappa shape index (κ3) is 5.13. The third-order valence-electron chi connectivity index (χ3n) is 5.18. The molecule has 3 amide bonds. The third-order valence-corrected chi connectivity index (χ3v) is 5.67. The molecule has 3 rings (SSSR count). The van der Waals surface area contributed by atoms with Crippen molar-refractivity contribution in [3.63, 3.8) is 0 Å². The highest BCUT2D eigenvalue weighted by Crippen LogP contribution is 2.30. The summed E-state index contributed by atoms with van der Waals surface area (Å²) in [6, 6.07) is 15.4. The Bertz CT molecular complexity index is 853. The molecule has 2 aromatic rings. The second-order valence-corrected chi connectivity index (χ2v) is 8.61. The molecule has 0 spiro atoms. The van der Waals surface area contributed by atoms with E-state index in [0.29, 0.717) is 19.6 Å². The summed E-state index contributed by atoms with van der Waals surface area (Å²) in [4.78, 5) is 27.3. The van der Waals surface area contributed by atoms with E-state index in [9.17, 15) is 9.59 Å². The van der Waals surface area contributed by atoms with E-state index in [4.69, 9.17) is 0 Å². The molecule has 6 heteroatoms. The molecule has 2 aromatic carbocycles. The zero-order valence-corrected chi connectivity index (χ0v) is 17.9. The number of hydrogen-bond acceptors (Lipinski definition) is 2. The lowest BCUT2D eigenvalue weighted by molar-refractivity contribution is -0.132. The number of benzene rings is 2. The van der Waals surface area contributed by atoms with Crippen molar-refractivity contribution in [1.82, 2.24) is 10.2 Å². The zero-order chi connectivity index (χ0) is 20.1. The quantitative estimate of drug-likeness (QED) is 0.718. The first-order valence-electron chi connectivity index (χ1n) is 9.51. The lowest BCUT2D eigenvalue weighted by Gasteiger charge is -2.39. The predicted octanol–water partition coefficient (Wildman–Crippen LogP) is 4.71. The summed E-state index contributed by atoms with van der Waals surface area (Å²) in [6.07, 6.45) is 1.58. The van der Waals surface area contributed by atoms with Gasteiger partial charge in [-0.2, -0.15) is 0 Å². The van der Waals surface area contributed by atoms with Crippen LogP contribution >= 0.6 is 15.9 Å². The molecule has 28 heavy (non-hydrogen) atoms. The standard InChI is InChI=1S/C22H26BrN3O2/c1-16-7-9-17(10-8-16)14-24-20(27)22(2)11-4-12-26(15-22)21(28)25-19-6-3-5-18(23)13-19/h3,5-10,13H,4,11-12,14-15H2,1-2H3,(H,24,27)(H,25,28)/t22-/m1/s1. The van der Waals surface area contributed by atoms with Gasteiger partial charge in [0, 0.05) is 29.8 Å². The number of carbonyl (C=O) groups excluding carboxylic acids is 2. The minimum Gasteiger partial charge on any atom is -0.351 e. The fourth-order valence-corrected chi connectivity index (χ4v) is 3.87. The number of nitrogens with one attached hydrogen (secondary N) is 2. The summed E-state index contributed by atoms with van der Waals surface area (Å²) in [7, 11) is 0. The van der Waals surface area contributed by atoms with Crippen molar-refractivity contribution in [3.05, 3.63) is 64.1 Å². The number of carbonyl (C=O) groups is 2. The van der Waals surface area contributed by atoms with Crippen LogP contribution in [0.4, 0.5) is 10.5 Å². The van der Waals surface area contributed by atoms with E-state index in [2.05, 4.69) is 26.6 Å². The number of urea groups is 1. The number of rotatable bonds is 4. The Morgan fingerprint density at radius 3 is 2.64 bits per heavy atom. The molecular formula is C22H26BrN3O2. The van der Waals surface area contributed by atoms with Crippen LogP contribution in [0.2, 0.25) is 0 Å². The molecule has 0 radical (unpaired) electrons. The average Bonchev–Trinajstić information content (AvgIpc) is 2.67. The average molecular weight is 444 g/mol. The summed E-state index contributed by atoms with van der Waals surface area (Å²) >= 11 is 3.41. The number of anilines is 1. The van der Waals surface area contributed by atoms with Crippen molar-refractivity contribution in [3.8, 4) is 0 Å². The van der Waals surface area contributed by atoms with Crippen LogP contribution in [0.3, 0.4) is 0 Å². The molecule has 5 nitrogen and oxygen atoms in total. The Labute approximate surface area is 174 Å². The topological polar surface area (TPSA) is 61.4 Å². The highest BCUT2D eigenvalue weighted by molar-refractivity contribution is 9.10. The van der Waals surface area contributed by atoms with Crippen molar-refractivity contribution in [2.45, 2.75) is 33.2 Å².